The third-order valence-electron chi connectivity index (χ3n) is 3.77. The van der Waals surface area contributed by atoms with Crippen LogP contribution in [0.1, 0.15) is 6.42 Å². The van der Waals surface area contributed by atoms with Crippen molar-refractivity contribution >= 4 is 29.2 Å². The van der Waals surface area contributed by atoms with Gasteiger partial charge < -0.3 is 19.7 Å². The number of ether oxygens (including phenoxy) is 2. The van der Waals surface area contributed by atoms with E-state index in [0.717, 1.165) is 0 Å². The predicted octanol–water partition coefficient (Wildman–Crippen LogP) is 1.98. The van der Waals surface area contributed by atoms with E-state index in [0.29, 0.717) is 17.1 Å². The van der Waals surface area contributed by atoms with Crippen molar-refractivity contribution in [2.24, 2.45) is 0 Å². The molecule has 2 amide bonds. The lowest BCUT2D eigenvalue weighted by atomic mass is 10.2. The second kappa shape index (κ2) is 8.15. The molecule has 2 aromatic rings. The number of fused-ring (bicyclic) bond motifs is 1. The van der Waals surface area contributed by atoms with E-state index in [1.54, 1.807) is 42.5 Å². The van der Waals surface area contributed by atoms with Crippen LogP contribution in [0.25, 0.3) is 0 Å². The van der Waals surface area contributed by atoms with Crippen molar-refractivity contribution in [2.45, 2.75) is 6.42 Å². The highest BCUT2D eigenvalue weighted by Crippen LogP contribution is 2.31. The Morgan fingerprint density at radius 1 is 1.08 bits per heavy atom. The van der Waals surface area contributed by atoms with Crippen molar-refractivity contribution in [3.63, 3.8) is 0 Å². The zero-order valence-electron chi connectivity index (χ0n) is 14.0. The number of nitrogens with zero attached hydrogens (tertiary/aromatic N) is 1. The van der Waals surface area contributed by atoms with Crippen molar-refractivity contribution in [1.82, 2.24) is 0 Å². The molecule has 2 aromatic carbocycles. The molecule has 0 saturated carbocycles. The lowest BCUT2D eigenvalue weighted by Gasteiger charge is -2.28. The van der Waals surface area contributed by atoms with Crippen LogP contribution in [0.2, 0.25) is 0 Å². The number of esters is 1. The number of rotatable bonds is 6. The number of nitrogens with one attached hydrogen (secondary N) is 1. The van der Waals surface area contributed by atoms with Gasteiger partial charge in [0.05, 0.1) is 12.1 Å². The largest absolute Gasteiger partial charge is 0.482 e. The van der Waals surface area contributed by atoms with Crippen molar-refractivity contribution in [1.29, 1.82) is 0 Å². The Morgan fingerprint density at radius 3 is 2.62 bits per heavy atom. The molecule has 0 atom stereocenters. The van der Waals surface area contributed by atoms with E-state index >= 15 is 0 Å². The minimum Gasteiger partial charge on any atom is -0.482 e. The molecule has 3 rings (SSSR count). The van der Waals surface area contributed by atoms with Gasteiger partial charge in [-0.15, -0.1) is 0 Å². The summed E-state index contributed by atoms with van der Waals surface area (Å²) in [5.74, 6) is -0.594. The lowest BCUT2D eigenvalue weighted by molar-refractivity contribution is -0.147. The molecule has 7 heteroatoms. The quantitative estimate of drug-likeness (QED) is 0.802. The van der Waals surface area contributed by atoms with Crippen LogP contribution in [0.3, 0.4) is 0 Å². The minimum absolute atomic E-state index is 0.0152. The molecular formula is C19H18N2O5. The minimum atomic E-state index is -0.551. The first-order chi connectivity index (χ1) is 12.6. The van der Waals surface area contributed by atoms with E-state index in [1.165, 1.54) is 4.90 Å². The van der Waals surface area contributed by atoms with Crippen LogP contribution in [0.15, 0.2) is 54.6 Å². The molecule has 0 bridgehead atoms. The maximum absolute atomic E-state index is 12.0. The maximum atomic E-state index is 12.0. The molecule has 0 aliphatic carbocycles. The monoisotopic (exact) mass is 354 g/mol. The van der Waals surface area contributed by atoms with E-state index in [9.17, 15) is 14.4 Å². The highest BCUT2D eigenvalue weighted by molar-refractivity contribution is 5.98. The van der Waals surface area contributed by atoms with Crippen LogP contribution in [0.5, 0.6) is 5.75 Å². The van der Waals surface area contributed by atoms with Crippen LogP contribution in [-0.4, -0.2) is 37.5 Å². The number of hydrogen-bond donors (Lipinski definition) is 1. The summed E-state index contributed by atoms with van der Waals surface area (Å²) in [4.78, 5) is 37.2. The fourth-order valence-electron chi connectivity index (χ4n) is 2.54. The van der Waals surface area contributed by atoms with Gasteiger partial charge in [0.1, 0.15) is 5.75 Å². The molecule has 7 nitrogen and oxygen atoms in total. The Balaban J connectivity index is 1.47. The molecule has 0 radical (unpaired) electrons. The van der Waals surface area contributed by atoms with Crippen LogP contribution in [0.4, 0.5) is 11.4 Å². The summed E-state index contributed by atoms with van der Waals surface area (Å²) in [6.07, 6.45) is -0.0152. The highest BCUT2D eigenvalue weighted by Gasteiger charge is 2.25. The molecule has 26 heavy (non-hydrogen) atoms. The molecule has 1 N–H and O–H groups in total. The Bertz CT molecular complexity index is 807. The van der Waals surface area contributed by atoms with Crippen LogP contribution >= 0.6 is 0 Å². The fourth-order valence-corrected chi connectivity index (χ4v) is 2.54. The number of amides is 2. The van der Waals surface area contributed by atoms with Crippen molar-refractivity contribution in [3.8, 4) is 5.75 Å². The Kier molecular flexibility index (Phi) is 5.48. The van der Waals surface area contributed by atoms with Gasteiger partial charge in [-0.25, -0.2) is 0 Å². The summed E-state index contributed by atoms with van der Waals surface area (Å²) in [6, 6.07) is 16.0. The van der Waals surface area contributed by atoms with Crippen LogP contribution in [0, 0.1) is 0 Å². The second-order valence-electron chi connectivity index (χ2n) is 5.63. The van der Waals surface area contributed by atoms with Crippen LogP contribution < -0.4 is 15.0 Å². The first kappa shape index (κ1) is 17.5. The molecule has 0 spiro atoms. The Morgan fingerprint density at radius 2 is 1.81 bits per heavy atom. The number of benzene rings is 2. The van der Waals surface area contributed by atoms with E-state index in [4.69, 9.17) is 9.47 Å². The van der Waals surface area contributed by atoms with Crippen molar-refractivity contribution < 1.29 is 23.9 Å². The van der Waals surface area contributed by atoms with Crippen molar-refractivity contribution in [2.75, 3.05) is 30.0 Å². The van der Waals surface area contributed by atoms with E-state index in [-0.39, 0.29) is 32.1 Å². The van der Waals surface area contributed by atoms with E-state index < -0.39 is 11.9 Å². The molecule has 1 aliphatic rings. The molecule has 0 fully saturated rings. The average molecular weight is 354 g/mol. The lowest BCUT2D eigenvalue weighted by Crippen LogP contribution is -2.40. The summed E-state index contributed by atoms with van der Waals surface area (Å²) < 4.78 is 10.3. The van der Waals surface area contributed by atoms with E-state index in [1.807, 2.05) is 12.1 Å². The van der Waals surface area contributed by atoms with Crippen molar-refractivity contribution in [3.05, 3.63) is 54.6 Å². The zero-order valence-corrected chi connectivity index (χ0v) is 14.0. The standard InChI is InChI=1S/C19H18N2O5/c22-17(20-14-6-2-1-3-7-14)12-26-19(24)10-11-21-15-8-4-5-9-16(15)25-13-18(21)23/h1-9H,10-13H2,(H,20,22). The third kappa shape index (κ3) is 4.38. The smallest absolute Gasteiger partial charge is 0.308 e. The third-order valence-corrected chi connectivity index (χ3v) is 3.77. The number of hydrogen-bond acceptors (Lipinski definition) is 5. The van der Waals surface area contributed by atoms with Gasteiger partial charge in [0.25, 0.3) is 11.8 Å². The molecule has 1 heterocycles. The van der Waals surface area contributed by atoms with Gasteiger partial charge in [0.2, 0.25) is 0 Å². The molecular weight excluding hydrogens is 336 g/mol. The van der Waals surface area contributed by atoms with Gasteiger partial charge in [-0.05, 0) is 24.3 Å². The summed E-state index contributed by atoms with van der Waals surface area (Å²) in [7, 11) is 0. The Labute approximate surface area is 150 Å². The number of para-hydroxylation sites is 3. The van der Waals surface area contributed by atoms with Gasteiger partial charge in [0.15, 0.2) is 13.2 Å². The highest BCUT2D eigenvalue weighted by atomic mass is 16.5. The normalized spacial score (nSPS) is 12.8. The summed E-state index contributed by atoms with van der Waals surface area (Å²) in [6.45, 7) is -0.273. The molecule has 1 aliphatic heterocycles. The molecule has 134 valence electrons. The van der Waals surface area contributed by atoms with E-state index in [2.05, 4.69) is 5.32 Å². The molecule has 0 aromatic heterocycles. The van der Waals surface area contributed by atoms with Gasteiger partial charge in [-0.1, -0.05) is 30.3 Å². The summed E-state index contributed by atoms with van der Waals surface area (Å²) in [5.41, 5.74) is 1.25. The number of anilines is 2. The summed E-state index contributed by atoms with van der Waals surface area (Å²) >= 11 is 0. The first-order valence-corrected chi connectivity index (χ1v) is 8.16. The zero-order chi connectivity index (χ0) is 18.4. The van der Waals surface area contributed by atoms with Crippen LogP contribution in [-0.2, 0) is 19.1 Å². The second-order valence-corrected chi connectivity index (χ2v) is 5.63. The molecule has 0 unspecified atom stereocenters. The van der Waals surface area contributed by atoms with Gasteiger partial charge >= 0.3 is 5.97 Å². The summed E-state index contributed by atoms with van der Waals surface area (Å²) in [5, 5.41) is 2.63. The predicted molar refractivity (Wildman–Crippen MR) is 94.9 cm³/mol. The maximum Gasteiger partial charge on any atom is 0.308 e. The SMILES string of the molecule is O=C(COC(=O)CCN1C(=O)COc2ccccc21)Nc1ccccc1. The first-order valence-electron chi connectivity index (χ1n) is 8.16. The van der Waals surface area contributed by atoms with Gasteiger partial charge in [-0.3, -0.25) is 14.4 Å². The molecule has 0 saturated heterocycles. The topological polar surface area (TPSA) is 84.9 Å². The van der Waals surface area contributed by atoms with Gasteiger partial charge in [-0.2, -0.15) is 0 Å². The van der Waals surface area contributed by atoms with Gasteiger partial charge in [0, 0.05) is 12.2 Å². The number of carbonyl (C=O) groups is 3. The fraction of sp³-hybridized carbons (Fsp3) is 0.211. The Hall–Kier alpha value is -3.35. The number of carbonyl (C=O) groups excluding carboxylic acids is 3. The average Bonchev–Trinajstić information content (AvgIpc) is 2.66.